The number of rotatable bonds is 9. The van der Waals surface area contributed by atoms with E-state index in [1.807, 2.05) is 0 Å². The third-order valence-corrected chi connectivity index (χ3v) is 3.59. The van der Waals surface area contributed by atoms with E-state index in [1.54, 1.807) is 0 Å². The van der Waals surface area contributed by atoms with E-state index < -0.39 is 10.0 Å². The van der Waals surface area contributed by atoms with E-state index in [9.17, 15) is 8.42 Å². The van der Waals surface area contributed by atoms with E-state index in [2.05, 4.69) is 18.6 Å². The fourth-order valence-corrected chi connectivity index (χ4v) is 2.40. The monoisotopic (exact) mass is 221 g/mol. The number of hydrogen-bond donors (Lipinski definition) is 1. The van der Waals surface area contributed by atoms with E-state index in [-0.39, 0.29) is 5.75 Å². The van der Waals surface area contributed by atoms with Crippen molar-refractivity contribution in [3.63, 3.8) is 0 Å². The predicted molar refractivity (Wildman–Crippen MR) is 60.8 cm³/mol. The molecule has 0 saturated carbocycles. The molecule has 14 heavy (non-hydrogen) atoms. The first-order chi connectivity index (χ1) is 6.62. The average Bonchev–Trinajstić information content (AvgIpc) is 2.13. The van der Waals surface area contributed by atoms with Crippen LogP contribution in [0.2, 0.25) is 0 Å². The fraction of sp³-hybridized carbons (Fsp3) is 1.00. The van der Waals surface area contributed by atoms with Crippen molar-refractivity contribution in [1.29, 1.82) is 0 Å². The Labute approximate surface area is 88.3 Å². The number of unbranched alkanes of at least 4 members (excludes halogenated alkanes) is 4. The summed E-state index contributed by atoms with van der Waals surface area (Å²) in [6.45, 7) is 4.78. The van der Waals surface area contributed by atoms with Gasteiger partial charge in [0, 0.05) is 6.54 Å². The summed E-state index contributed by atoms with van der Waals surface area (Å²) in [6, 6.07) is 0. The second kappa shape index (κ2) is 8.24. The zero-order chi connectivity index (χ0) is 10.9. The van der Waals surface area contributed by atoms with Crippen LogP contribution in [0.1, 0.15) is 52.4 Å². The van der Waals surface area contributed by atoms with Gasteiger partial charge in [-0.25, -0.2) is 13.1 Å². The highest BCUT2D eigenvalue weighted by Gasteiger charge is 2.07. The van der Waals surface area contributed by atoms with Crippen molar-refractivity contribution in [3.05, 3.63) is 0 Å². The van der Waals surface area contributed by atoms with Crippen LogP contribution < -0.4 is 4.72 Å². The highest BCUT2D eigenvalue weighted by atomic mass is 32.2. The summed E-state index contributed by atoms with van der Waals surface area (Å²) in [5.41, 5.74) is 0. The average molecular weight is 221 g/mol. The Balaban J connectivity index is 3.52. The quantitative estimate of drug-likeness (QED) is 0.607. The summed E-state index contributed by atoms with van der Waals surface area (Å²) in [4.78, 5) is 0. The summed E-state index contributed by atoms with van der Waals surface area (Å²) < 4.78 is 25.3. The van der Waals surface area contributed by atoms with Gasteiger partial charge < -0.3 is 0 Å². The highest BCUT2D eigenvalue weighted by Crippen LogP contribution is 1.98. The smallest absolute Gasteiger partial charge is 0.211 e. The Bertz CT molecular complexity index is 212. The minimum absolute atomic E-state index is 0.285. The molecule has 0 aliphatic carbocycles. The topological polar surface area (TPSA) is 46.2 Å². The van der Waals surface area contributed by atoms with Crippen LogP contribution in [0.25, 0.3) is 0 Å². The van der Waals surface area contributed by atoms with Crippen molar-refractivity contribution in [2.45, 2.75) is 52.4 Å². The lowest BCUT2D eigenvalue weighted by Crippen LogP contribution is -2.27. The Hall–Kier alpha value is -0.0900. The molecular formula is C10H23NO2S. The summed E-state index contributed by atoms with van der Waals surface area (Å²) in [5.74, 6) is 0.285. The Morgan fingerprint density at radius 1 is 0.929 bits per heavy atom. The van der Waals surface area contributed by atoms with Gasteiger partial charge in [-0.15, -0.1) is 0 Å². The molecule has 0 saturated heterocycles. The van der Waals surface area contributed by atoms with Crippen LogP contribution in [-0.4, -0.2) is 20.7 Å². The third kappa shape index (κ3) is 8.51. The molecule has 0 heterocycles. The van der Waals surface area contributed by atoms with E-state index in [1.165, 1.54) is 0 Å². The molecule has 4 heteroatoms. The first-order valence-electron chi connectivity index (χ1n) is 5.59. The minimum atomic E-state index is -2.98. The fourth-order valence-electron chi connectivity index (χ4n) is 1.22. The van der Waals surface area contributed by atoms with E-state index in [4.69, 9.17) is 0 Å². The largest absolute Gasteiger partial charge is 0.215 e. The van der Waals surface area contributed by atoms with Crippen molar-refractivity contribution in [1.82, 2.24) is 4.72 Å². The zero-order valence-corrected chi connectivity index (χ0v) is 10.2. The van der Waals surface area contributed by atoms with Crippen LogP contribution >= 0.6 is 0 Å². The molecule has 0 atom stereocenters. The molecule has 0 unspecified atom stereocenters. The maximum Gasteiger partial charge on any atom is 0.211 e. The van der Waals surface area contributed by atoms with Crippen molar-refractivity contribution < 1.29 is 8.42 Å². The van der Waals surface area contributed by atoms with Gasteiger partial charge in [-0.3, -0.25) is 0 Å². The van der Waals surface area contributed by atoms with Gasteiger partial charge in [0.1, 0.15) is 0 Å². The van der Waals surface area contributed by atoms with Crippen molar-refractivity contribution >= 4 is 10.0 Å². The van der Waals surface area contributed by atoms with Gasteiger partial charge in [0.05, 0.1) is 5.75 Å². The molecule has 0 aliphatic heterocycles. The lowest BCUT2D eigenvalue weighted by molar-refractivity contribution is 0.571. The molecule has 3 nitrogen and oxygen atoms in total. The number of nitrogens with one attached hydrogen (secondary N) is 1. The van der Waals surface area contributed by atoms with Crippen molar-refractivity contribution in [2.75, 3.05) is 12.3 Å². The molecular weight excluding hydrogens is 198 g/mol. The molecule has 0 bridgehead atoms. The molecule has 0 spiro atoms. The Kier molecular flexibility index (Phi) is 8.18. The lowest BCUT2D eigenvalue weighted by Gasteiger charge is -2.05. The summed E-state index contributed by atoms with van der Waals surface area (Å²) >= 11 is 0. The predicted octanol–water partition coefficient (Wildman–Crippen LogP) is 2.29. The second-order valence-electron chi connectivity index (χ2n) is 3.63. The van der Waals surface area contributed by atoms with Gasteiger partial charge in [0.15, 0.2) is 0 Å². The molecule has 0 aliphatic rings. The molecule has 1 N–H and O–H groups in total. The van der Waals surface area contributed by atoms with Crippen LogP contribution in [-0.2, 0) is 10.0 Å². The van der Waals surface area contributed by atoms with E-state index in [0.717, 1.165) is 38.5 Å². The number of sulfonamides is 1. The molecule has 0 aromatic rings. The van der Waals surface area contributed by atoms with Gasteiger partial charge in [0.25, 0.3) is 0 Å². The van der Waals surface area contributed by atoms with Gasteiger partial charge in [-0.2, -0.15) is 0 Å². The van der Waals surface area contributed by atoms with Crippen molar-refractivity contribution in [2.24, 2.45) is 0 Å². The Morgan fingerprint density at radius 3 is 2.07 bits per heavy atom. The SMILES string of the molecule is CCCCCNS(=O)(=O)CCCCC. The van der Waals surface area contributed by atoms with Crippen LogP contribution in [0.4, 0.5) is 0 Å². The summed E-state index contributed by atoms with van der Waals surface area (Å²) in [6.07, 6.45) is 6.00. The van der Waals surface area contributed by atoms with Crippen LogP contribution in [0, 0.1) is 0 Å². The van der Waals surface area contributed by atoms with Gasteiger partial charge in [-0.1, -0.05) is 39.5 Å². The van der Waals surface area contributed by atoms with Gasteiger partial charge >= 0.3 is 0 Å². The molecule has 0 radical (unpaired) electrons. The zero-order valence-electron chi connectivity index (χ0n) is 9.38. The van der Waals surface area contributed by atoms with E-state index in [0.29, 0.717) is 6.54 Å². The molecule has 86 valence electrons. The standard InChI is InChI=1S/C10H23NO2S/c1-3-5-7-9-11-14(12,13)10-8-6-4-2/h11H,3-10H2,1-2H3. The van der Waals surface area contributed by atoms with Gasteiger partial charge in [0.2, 0.25) is 10.0 Å². The van der Waals surface area contributed by atoms with Crippen LogP contribution in [0.3, 0.4) is 0 Å². The first kappa shape index (κ1) is 13.9. The first-order valence-corrected chi connectivity index (χ1v) is 7.25. The molecule has 0 fully saturated rings. The molecule has 0 rings (SSSR count). The van der Waals surface area contributed by atoms with Crippen LogP contribution in [0.5, 0.6) is 0 Å². The molecule has 0 amide bonds. The molecule has 0 aromatic heterocycles. The molecule has 0 aromatic carbocycles. The van der Waals surface area contributed by atoms with Crippen molar-refractivity contribution in [3.8, 4) is 0 Å². The Morgan fingerprint density at radius 2 is 1.50 bits per heavy atom. The minimum Gasteiger partial charge on any atom is -0.215 e. The maximum atomic E-state index is 11.4. The van der Waals surface area contributed by atoms with Gasteiger partial charge in [-0.05, 0) is 12.8 Å². The third-order valence-electron chi connectivity index (χ3n) is 2.12. The normalized spacial score (nSPS) is 11.9. The number of hydrogen-bond acceptors (Lipinski definition) is 2. The van der Waals surface area contributed by atoms with Crippen LogP contribution in [0.15, 0.2) is 0 Å². The summed E-state index contributed by atoms with van der Waals surface area (Å²) in [5, 5.41) is 0. The summed E-state index contributed by atoms with van der Waals surface area (Å²) in [7, 11) is -2.98. The maximum absolute atomic E-state index is 11.4. The van der Waals surface area contributed by atoms with E-state index >= 15 is 0 Å². The lowest BCUT2D eigenvalue weighted by atomic mass is 10.3. The highest BCUT2D eigenvalue weighted by molar-refractivity contribution is 7.89. The second-order valence-corrected chi connectivity index (χ2v) is 5.55.